The summed E-state index contributed by atoms with van der Waals surface area (Å²) in [4.78, 5) is 12.2. The predicted molar refractivity (Wildman–Crippen MR) is 95.9 cm³/mol. The number of esters is 1. The summed E-state index contributed by atoms with van der Waals surface area (Å²) in [6, 6.07) is 7.68. The van der Waals surface area contributed by atoms with E-state index in [0.717, 1.165) is 33.4 Å². The Morgan fingerprint density at radius 2 is 1.96 bits per heavy atom. The molecule has 3 aromatic heterocycles. The SMILES string of the molecule is Cc1ccc2c(CC(=O)OCc3nnc(-c4cc(C)oc4C)o3)coc2c1. The zero-order chi connectivity index (χ0) is 19.0. The minimum atomic E-state index is -0.395. The van der Waals surface area contributed by atoms with Crippen LogP contribution in [-0.2, 0) is 22.6 Å². The van der Waals surface area contributed by atoms with Gasteiger partial charge in [0.25, 0.3) is 11.8 Å². The molecule has 0 saturated heterocycles. The highest BCUT2D eigenvalue weighted by Gasteiger charge is 2.16. The molecule has 0 fully saturated rings. The number of furan rings is 2. The van der Waals surface area contributed by atoms with Gasteiger partial charge in [-0.05, 0) is 38.5 Å². The minimum Gasteiger partial charge on any atom is -0.466 e. The number of aryl methyl sites for hydroxylation is 3. The molecule has 0 aliphatic heterocycles. The topological polar surface area (TPSA) is 91.5 Å². The van der Waals surface area contributed by atoms with E-state index in [9.17, 15) is 4.79 Å². The smallest absolute Gasteiger partial charge is 0.310 e. The Hall–Kier alpha value is -3.35. The average Bonchev–Trinajstić information content (AvgIpc) is 3.32. The molecular formula is C20H18N2O5. The molecule has 7 nitrogen and oxygen atoms in total. The van der Waals surface area contributed by atoms with E-state index < -0.39 is 5.97 Å². The average molecular weight is 366 g/mol. The first-order chi connectivity index (χ1) is 13.0. The van der Waals surface area contributed by atoms with Gasteiger partial charge in [-0.2, -0.15) is 0 Å². The Kier molecular flexibility index (Phi) is 4.27. The summed E-state index contributed by atoms with van der Waals surface area (Å²) in [5, 5.41) is 8.80. The number of carbonyl (C=O) groups is 1. The Labute approximate surface area is 154 Å². The van der Waals surface area contributed by atoms with Crippen LogP contribution in [0.25, 0.3) is 22.4 Å². The lowest BCUT2D eigenvalue weighted by Gasteiger charge is -2.01. The second-order valence-corrected chi connectivity index (χ2v) is 6.43. The molecule has 0 amide bonds. The van der Waals surface area contributed by atoms with Crippen LogP contribution in [0.3, 0.4) is 0 Å². The molecule has 4 rings (SSSR count). The molecule has 7 heteroatoms. The quantitative estimate of drug-likeness (QED) is 0.487. The molecule has 1 aromatic carbocycles. The lowest BCUT2D eigenvalue weighted by atomic mass is 10.1. The van der Waals surface area contributed by atoms with Gasteiger partial charge in [-0.3, -0.25) is 4.79 Å². The largest absolute Gasteiger partial charge is 0.466 e. The number of benzene rings is 1. The summed E-state index contributed by atoms with van der Waals surface area (Å²) in [5.74, 6) is 1.63. The summed E-state index contributed by atoms with van der Waals surface area (Å²) in [6.45, 7) is 5.57. The van der Waals surface area contributed by atoms with Crippen molar-refractivity contribution in [2.45, 2.75) is 33.8 Å². The number of rotatable bonds is 5. The Morgan fingerprint density at radius 3 is 2.74 bits per heavy atom. The fraction of sp³-hybridized carbons (Fsp3) is 0.250. The molecular weight excluding hydrogens is 348 g/mol. The van der Waals surface area contributed by atoms with Gasteiger partial charge in [-0.15, -0.1) is 10.2 Å². The fourth-order valence-corrected chi connectivity index (χ4v) is 2.94. The summed E-state index contributed by atoms with van der Waals surface area (Å²) >= 11 is 0. The van der Waals surface area contributed by atoms with Crippen LogP contribution in [-0.4, -0.2) is 16.2 Å². The predicted octanol–water partition coefficient (Wildman–Crippen LogP) is 4.29. The third-order valence-corrected chi connectivity index (χ3v) is 4.24. The van der Waals surface area contributed by atoms with Crippen molar-refractivity contribution in [2.75, 3.05) is 0 Å². The van der Waals surface area contributed by atoms with Crippen LogP contribution >= 0.6 is 0 Å². The zero-order valence-electron chi connectivity index (χ0n) is 15.2. The molecule has 27 heavy (non-hydrogen) atoms. The van der Waals surface area contributed by atoms with Gasteiger partial charge in [-0.1, -0.05) is 12.1 Å². The lowest BCUT2D eigenvalue weighted by Crippen LogP contribution is -2.07. The van der Waals surface area contributed by atoms with Gasteiger partial charge in [0.2, 0.25) is 0 Å². The second-order valence-electron chi connectivity index (χ2n) is 6.43. The zero-order valence-corrected chi connectivity index (χ0v) is 15.2. The van der Waals surface area contributed by atoms with Gasteiger partial charge in [0, 0.05) is 10.9 Å². The van der Waals surface area contributed by atoms with Crippen molar-refractivity contribution in [3.05, 3.63) is 59.1 Å². The molecule has 4 aromatic rings. The standard InChI is InChI=1S/C20H18N2O5/c1-11-4-5-15-14(9-24-17(15)6-11)8-19(23)25-10-18-21-22-20(27-18)16-7-12(2)26-13(16)3/h4-7,9H,8,10H2,1-3H3. The monoisotopic (exact) mass is 366 g/mol. The van der Waals surface area contributed by atoms with Crippen LogP contribution in [0.5, 0.6) is 0 Å². The van der Waals surface area contributed by atoms with Crippen LogP contribution in [0.15, 0.2) is 43.8 Å². The first kappa shape index (κ1) is 17.1. The number of aromatic nitrogens is 2. The molecule has 138 valence electrons. The van der Waals surface area contributed by atoms with Crippen molar-refractivity contribution in [1.82, 2.24) is 10.2 Å². The van der Waals surface area contributed by atoms with Crippen LogP contribution in [0.2, 0.25) is 0 Å². The van der Waals surface area contributed by atoms with Crippen LogP contribution in [0.1, 0.15) is 28.5 Å². The number of carbonyl (C=O) groups excluding carboxylic acids is 1. The van der Waals surface area contributed by atoms with Gasteiger partial charge in [0.1, 0.15) is 17.1 Å². The third-order valence-electron chi connectivity index (χ3n) is 4.24. The Morgan fingerprint density at radius 1 is 1.11 bits per heavy atom. The van der Waals surface area contributed by atoms with Crippen LogP contribution < -0.4 is 0 Å². The van der Waals surface area contributed by atoms with Gasteiger partial charge < -0.3 is 18.0 Å². The minimum absolute atomic E-state index is 0.0867. The number of hydrogen-bond donors (Lipinski definition) is 0. The molecule has 0 spiro atoms. The van der Waals surface area contributed by atoms with Gasteiger partial charge in [-0.25, -0.2) is 0 Å². The van der Waals surface area contributed by atoms with Gasteiger partial charge in [0.05, 0.1) is 18.2 Å². The number of fused-ring (bicyclic) bond motifs is 1. The lowest BCUT2D eigenvalue weighted by molar-refractivity contribution is -0.144. The Balaban J connectivity index is 1.40. The molecule has 0 unspecified atom stereocenters. The van der Waals surface area contributed by atoms with Crippen LogP contribution in [0, 0.1) is 20.8 Å². The summed E-state index contributed by atoms with van der Waals surface area (Å²) in [7, 11) is 0. The van der Waals surface area contributed by atoms with Crippen molar-refractivity contribution >= 4 is 16.9 Å². The van der Waals surface area contributed by atoms with E-state index in [1.807, 2.05) is 45.0 Å². The van der Waals surface area contributed by atoms with Crippen molar-refractivity contribution in [3.63, 3.8) is 0 Å². The summed E-state index contributed by atoms with van der Waals surface area (Å²) in [5.41, 5.74) is 3.37. The molecule has 0 aliphatic rings. The molecule has 0 bridgehead atoms. The maximum absolute atomic E-state index is 12.2. The summed E-state index contributed by atoms with van der Waals surface area (Å²) in [6.07, 6.45) is 1.69. The van der Waals surface area contributed by atoms with E-state index in [4.69, 9.17) is 18.0 Å². The van der Waals surface area contributed by atoms with Gasteiger partial charge >= 0.3 is 5.97 Å². The molecule has 0 atom stereocenters. The van der Waals surface area contributed by atoms with Crippen molar-refractivity contribution in [3.8, 4) is 11.5 Å². The van der Waals surface area contributed by atoms with E-state index in [1.54, 1.807) is 6.26 Å². The second kappa shape index (κ2) is 6.75. The van der Waals surface area contributed by atoms with E-state index in [-0.39, 0.29) is 18.9 Å². The van der Waals surface area contributed by atoms with Crippen molar-refractivity contribution in [2.24, 2.45) is 0 Å². The van der Waals surface area contributed by atoms with Crippen LogP contribution in [0.4, 0.5) is 0 Å². The highest BCUT2D eigenvalue weighted by molar-refractivity contribution is 5.86. The van der Waals surface area contributed by atoms with E-state index >= 15 is 0 Å². The number of ether oxygens (including phenoxy) is 1. The number of nitrogens with zero attached hydrogens (tertiary/aromatic N) is 2. The normalized spacial score (nSPS) is 11.2. The van der Waals surface area contributed by atoms with E-state index in [2.05, 4.69) is 10.2 Å². The number of hydrogen-bond acceptors (Lipinski definition) is 7. The summed E-state index contributed by atoms with van der Waals surface area (Å²) < 4.78 is 21.8. The van der Waals surface area contributed by atoms with Gasteiger partial charge in [0.15, 0.2) is 6.61 Å². The first-order valence-electron chi connectivity index (χ1n) is 8.52. The maximum atomic E-state index is 12.2. The molecule has 0 radical (unpaired) electrons. The highest BCUT2D eigenvalue weighted by atomic mass is 16.5. The molecule has 0 aliphatic carbocycles. The molecule has 3 heterocycles. The highest BCUT2D eigenvalue weighted by Crippen LogP contribution is 2.26. The van der Waals surface area contributed by atoms with E-state index in [0.29, 0.717) is 11.7 Å². The first-order valence-corrected chi connectivity index (χ1v) is 8.52. The van der Waals surface area contributed by atoms with Crippen molar-refractivity contribution < 1.29 is 22.8 Å². The molecule has 0 N–H and O–H groups in total. The fourth-order valence-electron chi connectivity index (χ4n) is 2.94. The van der Waals surface area contributed by atoms with Crippen molar-refractivity contribution in [1.29, 1.82) is 0 Å². The molecule has 0 saturated carbocycles. The Bertz CT molecular complexity index is 1120. The third kappa shape index (κ3) is 3.48. The maximum Gasteiger partial charge on any atom is 0.310 e. The van der Waals surface area contributed by atoms with E-state index in [1.165, 1.54) is 0 Å².